The van der Waals surface area contributed by atoms with Crippen molar-refractivity contribution >= 4 is 33.2 Å². The highest BCUT2D eigenvalue weighted by atomic mass is 79.9. The molecule has 3 N–H and O–H groups in total. The lowest BCUT2D eigenvalue weighted by molar-refractivity contribution is 0.0952. The number of thiophene rings is 1. The van der Waals surface area contributed by atoms with Crippen LogP contribution >= 0.6 is 27.3 Å². The largest absolute Gasteiger partial charge is 0.350 e. The molecular formula is C10H15BrN2OS. The summed E-state index contributed by atoms with van der Waals surface area (Å²) in [6.07, 6.45) is 0. The zero-order valence-corrected chi connectivity index (χ0v) is 11.2. The maximum atomic E-state index is 11.7. The number of carbonyl (C=O) groups excluding carboxylic acids is 1. The first-order valence-electron chi connectivity index (χ1n) is 4.79. The van der Waals surface area contributed by atoms with Crippen molar-refractivity contribution in [3.05, 3.63) is 20.8 Å². The molecule has 0 aliphatic carbocycles. The first-order valence-corrected chi connectivity index (χ1v) is 6.46. The molecule has 0 saturated carbocycles. The minimum absolute atomic E-state index is 0.00712. The highest BCUT2D eigenvalue weighted by Gasteiger charge is 2.13. The summed E-state index contributed by atoms with van der Waals surface area (Å²) in [5.41, 5.74) is 5.83. The van der Waals surface area contributed by atoms with Crippen molar-refractivity contribution in [2.45, 2.75) is 19.9 Å². The third kappa shape index (κ3) is 3.59. The van der Waals surface area contributed by atoms with E-state index in [2.05, 4.69) is 21.2 Å². The molecule has 0 radical (unpaired) electrons. The fourth-order valence-corrected chi connectivity index (χ4v) is 2.45. The van der Waals surface area contributed by atoms with Gasteiger partial charge in [-0.3, -0.25) is 4.79 Å². The normalized spacial score (nSPS) is 12.9. The molecule has 1 rings (SSSR count). The number of carbonyl (C=O) groups is 1. The zero-order valence-electron chi connectivity index (χ0n) is 8.79. The van der Waals surface area contributed by atoms with Crippen molar-refractivity contribution in [3.8, 4) is 0 Å². The van der Waals surface area contributed by atoms with Crippen LogP contribution in [-0.4, -0.2) is 18.5 Å². The van der Waals surface area contributed by atoms with Gasteiger partial charge in [-0.25, -0.2) is 0 Å². The number of rotatable bonds is 4. The fraction of sp³-hybridized carbons (Fsp3) is 0.500. The highest BCUT2D eigenvalue weighted by Crippen LogP contribution is 2.22. The Labute approximate surface area is 102 Å². The van der Waals surface area contributed by atoms with E-state index in [1.54, 1.807) is 0 Å². The van der Waals surface area contributed by atoms with Gasteiger partial charge in [0.15, 0.2) is 0 Å². The van der Waals surface area contributed by atoms with E-state index in [9.17, 15) is 4.79 Å². The smallest absolute Gasteiger partial charge is 0.262 e. The third-order valence-corrected chi connectivity index (χ3v) is 4.01. The third-order valence-electron chi connectivity index (χ3n) is 2.18. The molecule has 1 heterocycles. The number of amides is 1. The van der Waals surface area contributed by atoms with Crippen molar-refractivity contribution in [3.63, 3.8) is 0 Å². The summed E-state index contributed by atoms with van der Waals surface area (Å²) < 4.78 is 0.836. The van der Waals surface area contributed by atoms with Crippen LogP contribution in [0.1, 0.15) is 23.5 Å². The molecule has 0 aliphatic rings. The van der Waals surface area contributed by atoms with E-state index in [0.717, 1.165) is 4.47 Å². The number of nitrogens with one attached hydrogen (secondary N) is 1. The second-order valence-corrected chi connectivity index (χ2v) is 5.49. The van der Waals surface area contributed by atoms with Crippen molar-refractivity contribution < 1.29 is 4.79 Å². The quantitative estimate of drug-likeness (QED) is 0.893. The summed E-state index contributed by atoms with van der Waals surface area (Å²) in [5.74, 6) is 0.310. The summed E-state index contributed by atoms with van der Waals surface area (Å²) in [6, 6.07) is 1.87. The Balaban J connectivity index is 2.47. The maximum absolute atomic E-state index is 11.7. The Kier molecular flexibility index (Phi) is 4.76. The SMILES string of the molecule is CC(C)C(N)CNC(=O)c1sccc1Br. The van der Waals surface area contributed by atoms with Gasteiger partial charge in [-0.15, -0.1) is 11.3 Å². The van der Waals surface area contributed by atoms with Gasteiger partial charge in [0, 0.05) is 17.1 Å². The Bertz CT molecular complexity index is 338. The molecule has 1 unspecified atom stereocenters. The van der Waals surface area contributed by atoms with E-state index in [1.165, 1.54) is 11.3 Å². The van der Waals surface area contributed by atoms with Crippen LogP contribution in [-0.2, 0) is 0 Å². The van der Waals surface area contributed by atoms with Crippen LogP contribution in [0.2, 0.25) is 0 Å². The second kappa shape index (κ2) is 5.63. The second-order valence-electron chi connectivity index (χ2n) is 3.72. The van der Waals surface area contributed by atoms with Crippen LogP contribution in [0.15, 0.2) is 15.9 Å². The summed E-state index contributed by atoms with van der Waals surface area (Å²) >= 11 is 4.74. The molecule has 1 aromatic rings. The molecule has 1 aromatic heterocycles. The minimum atomic E-state index is -0.0621. The molecule has 0 bridgehead atoms. The zero-order chi connectivity index (χ0) is 11.4. The van der Waals surface area contributed by atoms with E-state index in [-0.39, 0.29) is 11.9 Å². The standard InChI is InChI=1S/C10H15BrN2OS/c1-6(2)8(12)5-13-10(14)9-7(11)3-4-15-9/h3-4,6,8H,5,12H2,1-2H3,(H,13,14). The van der Waals surface area contributed by atoms with Crippen LogP contribution in [0.4, 0.5) is 0 Å². The van der Waals surface area contributed by atoms with Crippen LogP contribution in [0, 0.1) is 5.92 Å². The van der Waals surface area contributed by atoms with Gasteiger partial charge >= 0.3 is 0 Å². The summed E-state index contributed by atoms with van der Waals surface area (Å²) in [5, 5.41) is 4.70. The van der Waals surface area contributed by atoms with Crippen LogP contribution in [0.5, 0.6) is 0 Å². The lowest BCUT2D eigenvalue weighted by atomic mass is 10.1. The molecule has 5 heteroatoms. The van der Waals surface area contributed by atoms with Crippen molar-refractivity contribution in [2.24, 2.45) is 11.7 Å². The predicted molar refractivity (Wildman–Crippen MR) is 67.2 cm³/mol. The molecule has 84 valence electrons. The molecule has 0 saturated heterocycles. The van der Waals surface area contributed by atoms with E-state index in [4.69, 9.17) is 5.73 Å². The van der Waals surface area contributed by atoms with Crippen molar-refractivity contribution in [1.82, 2.24) is 5.32 Å². The van der Waals surface area contributed by atoms with Crippen molar-refractivity contribution in [1.29, 1.82) is 0 Å². The topological polar surface area (TPSA) is 55.1 Å². The molecule has 15 heavy (non-hydrogen) atoms. The Morgan fingerprint density at radius 2 is 2.33 bits per heavy atom. The average Bonchev–Trinajstić information content (AvgIpc) is 2.60. The van der Waals surface area contributed by atoms with Gasteiger partial charge in [-0.2, -0.15) is 0 Å². The van der Waals surface area contributed by atoms with Crippen LogP contribution in [0.3, 0.4) is 0 Å². The van der Waals surface area contributed by atoms with Gasteiger partial charge in [0.25, 0.3) is 5.91 Å². The fourth-order valence-electron chi connectivity index (χ4n) is 0.982. The highest BCUT2D eigenvalue weighted by molar-refractivity contribution is 9.10. The molecule has 1 atom stereocenters. The predicted octanol–water partition coefficient (Wildman–Crippen LogP) is 2.22. The lowest BCUT2D eigenvalue weighted by Gasteiger charge is -2.15. The Morgan fingerprint density at radius 3 is 2.80 bits per heavy atom. The maximum Gasteiger partial charge on any atom is 0.262 e. The monoisotopic (exact) mass is 290 g/mol. The van der Waals surface area contributed by atoms with E-state index in [1.807, 2.05) is 25.3 Å². The van der Waals surface area contributed by atoms with Crippen LogP contribution < -0.4 is 11.1 Å². The van der Waals surface area contributed by atoms with Gasteiger partial charge in [-0.05, 0) is 33.3 Å². The van der Waals surface area contributed by atoms with Gasteiger partial charge in [-0.1, -0.05) is 13.8 Å². The molecule has 0 fully saturated rings. The molecular weight excluding hydrogens is 276 g/mol. The van der Waals surface area contributed by atoms with Gasteiger partial charge in [0.2, 0.25) is 0 Å². The molecule has 0 aromatic carbocycles. The van der Waals surface area contributed by atoms with E-state index < -0.39 is 0 Å². The Hall–Kier alpha value is -0.390. The van der Waals surface area contributed by atoms with Gasteiger partial charge in [0.05, 0.1) is 0 Å². The van der Waals surface area contributed by atoms with E-state index >= 15 is 0 Å². The first-order chi connectivity index (χ1) is 7.02. The molecule has 0 spiro atoms. The average molecular weight is 291 g/mol. The summed E-state index contributed by atoms with van der Waals surface area (Å²) in [6.45, 7) is 4.59. The first kappa shape index (κ1) is 12.7. The Morgan fingerprint density at radius 1 is 1.67 bits per heavy atom. The minimum Gasteiger partial charge on any atom is -0.350 e. The lowest BCUT2D eigenvalue weighted by Crippen LogP contribution is -2.40. The number of halogens is 1. The van der Waals surface area contributed by atoms with Crippen molar-refractivity contribution in [2.75, 3.05) is 6.54 Å². The molecule has 0 aliphatic heterocycles. The molecule has 1 amide bonds. The van der Waals surface area contributed by atoms with Gasteiger partial charge in [0.1, 0.15) is 4.88 Å². The number of hydrogen-bond donors (Lipinski definition) is 2. The number of hydrogen-bond acceptors (Lipinski definition) is 3. The van der Waals surface area contributed by atoms with E-state index in [0.29, 0.717) is 17.3 Å². The summed E-state index contributed by atoms with van der Waals surface area (Å²) in [7, 11) is 0. The summed E-state index contributed by atoms with van der Waals surface area (Å²) in [4.78, 5) is 12.4. The molecule has 3 nitrogen and oxygen atoms in total. The number of nitrogens with two attached hydrogens (primary N) is 1. The van der Waals surface area contributed by atoms with Gasteiger partial charge < -0.3 is 11.1 Å². The van der Waals surface area contributed by atoms with Crippen LogP contribution in [0.25, 0.3) is 0 Å².